The lowest BCUT2D eigenvalue weighted by molar-refractivity contribution is 0.135. The Bertz CT molecular complexity index is 558. The molecular weight excluding hydrogens is 520 g/mol. The zero-order valence-corrected chi connectivity index (χ0v) is 30.4. The summed E-state index contributed by atoms with van der Waals surface area (Å²) in [6.45, 7) is 9.48. The summed E-state index contributed by atoms with van der Waals surface area (Å²) >= 11 is 0. The van der Waals surface area contributed by atoms with Crippen molar-refractivity contribution < 1.29 is 0 Å². The summed E-state index contributed by atoms with van der Waals surface area (Å²) in [5, 5.41) is 0. The van der Waals surface area contributed by atoms with Crippen molar-refractivity contribution in [3.63, 3.8) is 0 Å². The van der Waals surface area contributed by atoms with E-state index in [-0.39, 0.29) is 0 Å². The molecule has 0 radical (unpaired) electrons. The second-order valence-corrected chi connectivity index (χ2v) is 14.3. The standard InChI is InChI=1S/C41H82N2/c1-4-7-10-13-16-18-20-21-22-23-24-26-29-32-35-38-43-40-39-42(41(43)36-33-30-27-15-12-9-6-3)37-34-31-28-25-19-17-14-11-8-5-2/h39-41H,4-38H2,1-3H3. The van der Waals surface area contributed by atoms with Gasteiger partial charge in [-0.2, -0.15) is 0 Å². The largest absolute Gasteiger partial charge is 0.356 e. The van der Waals surface area contributed by atoms with Crippen LogP contribution in [0.25, 0.3) is 0 Å². The van der Waals surface area contributed by atoms with E-state index in [4.69, 9.17) is 0 Å². The molecule has 0 aromatic rings. The number of nitrogens with zero attached hydrogens (tertiary/aromatic N) is 2. The van der Waals surface area contributed by atoms with Crippen LogP contribution in [0, 0.1) is 0 Å². The Morgan fingerprint density at radius 1 is 0.302 bits per heavy atom. The minimum absolute atomic E-state index is 0.640. The molecule has 0 amide bonds. The smallest absolute Gasteiger partial charge is 0.101 e. The van der Waals surface area contributed by atoms with E-state index in [1.807, 2.05) is 0 Å². The van der Waals surface area contributed by atoms with Crippen molar-refractivity contribution in [2.45, 2.75) is 239 Å². The van der Waals surface area contributed by atoms with Gasteiger partial charge in [0, 0.05) is 25.5 Å². The minimum atomic E-state index is 0.640. The number of hydrogen-bond acceptors (Lipinski definition) is 2. The molecule has 2 nitrogen and oxygen atoms in total. The van der Waals surface area contributed by atoms with E-state index in [2.05, 4.69) is 43.0 Å². The van der Waals surface area contributed by atoms with Crippen molar-refractivity contribution in [2.24, 2.45) is 0 Å². The highest BCUT2D eigenvalue weighted by Crippen LogP contribution is 2.24. The van der Waals surface area contributed by atoms with Crippen LogP contribution in [0.5, 0.6) is 0 Å². The minimum Gasteiger partial charge on any atom is -0.356 e. The average molecular weight is 603 g/mol. The van der Waals surface area contributed by atoms with Gasteiger partial charge in [0.1, 0.15) is 6.17 Å². The Hall–Kier alpha value is -0.660. The predicted molar refractivity (Wildman–Crippen MR) is 196 cm³/mol. The Kier molecular flexibility index (Phi) is 30.7. The molecule has 0 fully saturated rings. The van der Waals surface area contributed by atoms with Crippen molar-refractivity contribution >= 4 is 0 Å². The third kappa shape index (κ3) is 25.2. The third-order valence-corrected chi connectivity index (χ3v) is 10.1. The first kappa shape index (κ1) is 40.4. The summed E-state index contributed by atoms with van der Waals surface area (Å²) in [4.78, 5) is 5.43. The Labute approximate surface area is 273 Å². The van der Waals surface area contributed by atoms with Gasteiger partial charge >= 0.3 is 0 Å². The summed E-state index contributed by atoms with van der Waals surface area (Å²) in [5.41, 5.74) is 0. The highest BCUT2D eigenvalue weighted by Gasteiger charge is 2.24. The maximum Gasteiger partial charge on any atom is 0.101 e. The molecule has 0 saturated carbocycles. The van der Waals surface area contributed by atoms with E-state index in [1.165, 1.54) is 225 Å². The lowest BCUT2D eigenvalue weighted by Gasteiger charge is -2.33. The van der Waals surface area contributed by atoms with Crippen LogP contribution >= 0.6 is 0 Å². The van der Waals surface area contributed by atoms with Gasteiger partial charge in [-0.3, -0.25) is 0 Å². The first-order valence-electron chi connectivity index (χ1n) is 20.5. The van der Waals surface area contributed by atoms with Crippen LogP contribution in [0.1, 0.15) is 233 Å². The molecule has 0 saturated heterocycles. The van der Waals surface area contributed by atoms with Gasteiger partial charge in [-0.1, -0.05) is 207 Å². The fourth-order valence-corrected chi connectivity index (χ4v) is 7.07. The molecule has 0 bridgehead atoms. The molecule has 0 N–H and O–H groups in total. The fourth-order valence-electron chi connectivity index (χ4n) is 7.07. The molecule has 1 rings (SSSR count). The molecule has 1 atom stereocenters. The summed E-state index contributed by atoms with van der Waals surface area (Å²) < 4.78 is 0. The van der Waals surface area contributed by atoms with Crippen molar-refractivity contribution in [2.75, 3.05) is 13.1 Å². The summed E-state index contributed by atoms with van der Waals surface area (Å²) in [5.74, 6) is 0. The molecule has 0 aromatic heterocycles. The SMILES string of the molecule is CCCCCCCCCCCCCCCCCN1C=CN(CCCCCCCCCCCC)C1CCCCCCCCC. The van der Waals surface area contributed by atoms with Gasteiger partial charge in [-0.05, 0) is 25.7 Å². The zero-order chi connectivity index (χ0) is 30.9. The lowest BCUT2D eigenvalue weighted by atomic mass is 10.0. The average Bonchev–Trinajstić information content (AvgIpc) is 3.40. The fraction of sp³-hybridized carbons (Fsp3) is 0.951. The maximum atomic E-state index is 2.72. The monoisotopic (exact) mass is 603 g/mol. The third-order valence-electron chi connectivity index (χ3n) is 10.1. The topological polar surface area (TPSA) is 6.48 Å². The highest BCUT2D eigenvalue weighted by atomic mass is 15.4. The molecule has 2 heteroatoms. The first-order valence-corrected chi connectivity index (χ1v) is 20.5. The molecule has 0 aromatic carbocycles. The van der Waals surface area contributed by atoms with E-state index in [0.717, 1.165) is 0 Å². The maximum absolute atomic E-state index is 2.72. The molecule has 256 valence electrons. The van der Waals surface area contributed by atoms with Gasteiger partial charge in [0.2, 0.25) is 0 Å². The van der Waals surface area contributed by atoms with Crippen LogP contribution in [-0.4, -0.2) is 29.1 Å². The Morgan fingerprint density at radius 2 is 0.535 bits per heavy atom. The van der Waals surface area contributed by atoms with Crippen LogP contribution in [0.15, 0.2) is 12.4 Å². The zero-order valence-electron chi connectivity index (χ0n) is 30.4. The van der Waals surface area contributed by atoms with E-state index in [9.17, 15) is 0 Å². The molecule has 1 aliphatic heterocycles. The number of rotatable bonds is 35. The van der Waals surface area contributed by atoms with Crippen LogP contribution in [0.2, 0.25) is 0 Å². The van der Waals surface area contributed by atoms with Gasteiger partial charge in [0.15, 0.2) is 0 Å². The lowest BCUT2D eigenvalue weighted by Crippen LogP contribution is -2.39. The van der Waals surface area contributed by atoms with Crippen LogP contribution in [0.4, 0.5) is 0 Å². The second kappa shape index (κ2) is 32.7. The van der Waals surface area contributed by atoms with Gasteiger partial charge in [0.05, 0.1) is 0 Å². The summed E-state index contributed by atoms with van der Waals surface area (Å²) in [7, 11) is 0. The van der Waals surface area contributed by atoms with Gasteiger partial charge in [-0.15, -0.1) is 0 Å². The summed E-state index contributed by atoms with van der Waals surface area (Å²) in [6, 6.07) is 0. The van der Waals surface area contributed by atoms with E-state index in [0.29, 0.717) is 6.17 Å². The van der Waals surface area contributed by atoms with E-state index < -0.39 is 0 Å². The van der Waals surface area contributed by atoms with Crippen molar-refractivity contribution in [1.29, 1.82) is 0 Å². The second-order valence-electron chi connectivity index (χ2n) is 14.3. The van der Waals surface area contributed by atoms with Crippen molar-refractivity contribution in [3.05, 3.63) is 12.4 Å². The number of unbranched alkanes of at least 4 members (excludes halogenated alkanes) is 29. The molecule has 1 heterocycles. The van der Waals surface area contributed by atoms with Crippen LogP contribution < -0.4 is 0 Å². The predicted octanol–water partition coefficient (Wildman–Crippen LogP) is 14.3. The van der Waals surface area contributed by atoms with Gasteiger partial charge in [0.25, 0.3) is 0 Å². The van der Waals surface area contributed by atoms with Gasteiger partial charge < -0.3 is 9.80 Å². The first-order chi connectivity index (χ1) is 21.3. The van der Waals surface area contributed by atoms with E-state index >= 15 is 0 Å². The molecule has 43 heavy (non-hydrogen) atoms. The Morgan fingerprint density at radius 3 is 0.814 bits per heavy atom. The molecule has 1 unspecified atom stereocenters. The highest BCUT2D eigenvalue weighted by molar-refractivity contribution is 4.97. The van der Waals surface area contributed by atoms with Crippen LogP contribution in [-0.2, 0) is 0 Å². The van der Waals surface area contributed by atoms with E-state index in [1.54, 1.807) is 0 Å². The van der Waals surface area contributed by atoms with Gasteiger partial charge in [-0.25, -0.2) is 0 Å². The molecule has 1 aliphatic rings. The molecular formula is C41H82N2. The van der Waals surface area contributed by atoms with Crippen molar-refractivity contribution in [3.8, 4) is 0 Å². The number of hydrogen-bond donors (Lipinski definition) is 0. The summed E-state index contributed by atoms with van der Waals surface area (Å²) in [6.07, 6.45) is 52.9. The normalized spacial score (nSPS) is 14.9. The Balaban J connectivity index is 2.16. The van der Waals surface area contributed by atoms with Crippen molar-refractivity contribution in [1.82, 2.24) is 9.80 Å². The molecule has 0 spiro atoms. The quantitative estimate of drug-likeness (QED) is 0.0666. The molecule has 0 aliphatic carbocycles. The van der Waals surface area contributed by atoms with Crippen LogP contribution in [0.3, 0.4) is 0 Å².